The Labute approximate surface area is 145 Å². The lowest BCUT2D eigenvalue weighted by atomic mass is 10.2. The van der Waals surface area contributed by atoms with Crippen LogP contribution in [0.5, 0.6) is 0 Å². The van der Waals surface area contributed by atoms with Gasteiger partial charge >= 0.3 is 6.03 Å². The Morgan fingerprint density at radius 2 is 2.08 bits per heavy atom. The number of urea groups is 1. The highest BCUT2D eigenvalue weighted by atomic mass is 32.1. The molecule has 0 aromatic carbocycles. The number of carbonyl (C=O) groups excluding carboxylic acids is 1. The van der Waals surface area contributed by atoms with Gasteiger partial charge in [-0.2, -0.15) is 0 Å². The molecule has 0 atom stereocenters. The molecule has 7 heteroatoms. The molecule has 0 unspecified atom stereocenters. The second kappa shape index (κ2) is 9.65. The number of pyridine rings is 1. The van der Waals surface area contributed by atoms with Crippen molar-refractivity contribution in [1.82, 2.24) is 15.3 Å². The summed E-state index contributed by atoms with van der Waals surface area (Å²) in [4.78, 5) is 20.9. The van der Waals surface area contributed by atoms with Crippen LogP contribution in [0.1, 0.15) is 29.5 Å². The van der Waals surface area contributed by atoms with E-state index >= 15 is 0 Å². The molecule has 0 aliphatic rings. The van der Waals surface area contributed by atoms with Crippen molar-refractivity contribution in [1.29, 1.82) is 0 Å². The summed E-state index contributed by atoms with van der Waals surface area (Å²) in [6, 6.07) is 3.39. The smallest absolute Gasteiger partial charge is 0.321 e. The largest absolute Gasteiger partial charge is 0.380 e. The molecule has 2 rings (SSSR count). The second-order valence-electron chi connectivity index (χ2n) is 4.91. The van der Waals surface area contributed by atoms with Crippen molar-refractivity contribution in [2.75, 3.05) is 25.1 Å². The maximum Gasteiger partial charge on any atom is 0.321 e. The molecule has 0 bridgehead atoms. The van der Waals surface area contributed by atoms with Gasteiger partial charge in [-0.3, -0.25) is 10.3 Å². The van der Waals surface area contributed by atoms with Gasteiger partial charge in [-0.25, -0.2) is 9.78 Å². The van der Waals surface area contributed by atoms with Gasteiger partial charge in [0.05, 0.1) is 12.3 Å². The number of hydrogen-bond acceptors (Lipinski definition) is 5. The molecule has 2 aromatic rings. The van der Waals surface area contributed by atoms with Gasteiger partial charge in [0.1, 0.15) is 4.88 Å². The van der Waals surface area contributed by atoms with E-state index in [1.54, 1.807) is 12.4 Å². The molecule has 0 saturated carbocycles. The maximum atomic E-state index is 11.8. The number of nitrogens with zero attached hydrogens (tertiary/aromatic N) is 2. The summed E-state index contributed by atoms with van der Waals surface area (Å²) in [6.07, 6.45) is 4.37. The summed E-state index contributed by atoms with van der Waals surface area (Å²) in [7, 11) is 0. The van der Waals surface area contributed by atoms with Crippen LogP contribution >= 0.6 is 11.3 Å². The van der Waals surface area contributed by atoms with E-state index in [-0.39, 0.29) is 6.03 Å². The van der Waals surface area contributed by atoms with E-state index in [4.69, 9.17) is 4.74 Å². The van der Waals surface area contributed by atoms with Crippen LogP contribution in [0.25, 0.3) is 0 Å². The summed E-state index contributed by atoms with van der Waals surface area (Å²) in [5.74, 6) is 6.13. The Bertz CT molecular complexity index is 719. The van der Waals surface area contributed by atoms with Gasteiger partial charge < -0.3 is 10.1 Å². The minimum atomic E-state index is -0.294. The third-order valence-electron chi connectivity index (χ3n) is 2.90. The van der Waals surface area contributed by atoms with Gasteiger partial charge in [-0.15, -0.1) is 0 Å². The van der Waals surface area contributed by atoms with Crippen LogP contribution in [0.2, 0.25) is 0 Å². The number of carbonyl (C=O) groups is 1. The fourth-order valence-corrected chi connectivity index (χ4v) is 2.57. The molecular formula is C17H20N4O2S. The second-order valence-corrected chi connectivity index (χ2v) is 5.91. The molecule has 2 amide bonds. The summed E-state index contributed by atoms with van der Waals surface area (Å²) in [5, 5.41) is 5.97. The number of thiazole rings is 1. The van der Waals surface area contributed by atoms with E-state index in [1.807, 2.05) is 26.0 Å². The molecule has 2 heterocycles. The number of rotatable bonds is 6. The normalized spacial score (nSPS) is 9.92. The predicted molar refractivity (Wildman–Crippen MR) is 95.2 cm³/mol. The average molecular weight is 344 g/mol. The van der Waals surface area contributed by atoms with Crippen molar-refractivity contribution >= 4 is 22.5 Å². The predicted octanol–water partition coefficient (Wildman–Crippen LogP) is 2.79. The van der Waals surface area contributed by atoms with Crippen LogP contribution in [0, 0.1) is 18.8 Å². The number of ether oxygens (including phenoxy) is 1. The lowest BCUT2D eigenvalue weighted by Crippen LogP contribution is -2.31. The molecule has 0 radical (unpaired) electrons. The van der Waals surface area contributed by atoms with Gasteiger partial charge in [0.25, 0.3) is 0 Å². The Morgan fingerprint density at radius 1 is 1.29 bits per heavy atom. The number of hydrogen-bond donors (Lipinski definition) is 2. The Balaban J connectivity index is 1.87. The van der Waals surface area contributed by atoms with Crippen molar-refractivity contribution in [3.05, 3.63) is 40.7 Å². The highest BCUT2D eigenvalue weighted by Crippen LogP contribution is 2.21. The van der Waals surface area contributed by atoms with Crippen molar-refractivity contribution < 1.29 is 9.53 Å². The molecule has 6 nitrogen and oxygen atoms in total. The quantitative estimate of drug-likeness (QED) is 0.624. The molecule has 0 fully saturated rings. The Kier molecular flexibility index (Phi) is 7.21. The third-order valence-corrected chi connectivity index (χ3v) is 3.89. The zero-order chi connectivity index (χ0) is 17.2. The van der Waals surface area contributed by atoms with Crippen molar-refractivity contribution in [2.45, 2.75) is 20.3 Å². The monoisotopic (exact) mass is 344 g/mol. The molecule has 126 valence electrons. The third kappa shape index (κ3) is 5.99. The minimum Gasteiger partial charge on any atom is -0.380 e. The lowest BCUT2D eigenvalue weighted by Gasteiger charge is -2.05. The highest BCUT2D eigenvalue weighted by molar-refractivity contribution is 7.16. The first kappa shape index (κ1) is 17.9. The van der Waals surface area contributed by atoms with Gasteiger partial charge in [0, 0.05) is 31.1 Å². The van der Waals surface area contributed by atoms with Gasteiger partial charge in [0.15, 0.2) is 5.13 Å². The van der Waals surface area contributed by atoms with Crippen LogP contribution in [0.3, 0.4) is 0 Å². The number of aryl methyl sites for hydroxylation is 1. The van der Waals surface area contributed by atoms with E-state index in [0.29, 0.717) is 24.9 Å². The lowest BCUT2D eigenvalue weighted by molar-refractivity contribution is 0.137. The SMILES string of the molecule is CCCOCCNC(=O)Nc1nc(C)c(C#Cc2ccncc2)s1. The Morgan fingerprint density at radius 3 is 2.83 bits per heavy atom. The number of anilines is 1. The highest BCUT2D eigenvalue weighted by Gasteiger charge is 2.08. The van der Waals surface area contributed by atoms with Crippen molar-refractivity contribution in [3.8, 4) is 11.8 Å². The number of amides is 2. The van der Waals surface area contributed by atoms with Crippen LogP contribution in [0.15, 0.2) is 24.5 Å². The first-order valence-electron chi connectivity index (χ1n) is 7.71. The molecule has 0 spiro atoms. The van der Waals surface area contributed by atoms with E-state index in [0.717, 1.165) is 22.6 Å². The van der Waals surface area contributed by atoms with Crippen molar-refractivity contribution in [3.63, 3.8) is 0 Å². The summed E-state index contributed by atoms with van der Waals surface area (Å²) in [5.41, 5.74) is 1.68. The zero-order valence-corrected chi connectivity index (χ0v) is 14.6. The number of nitrogens with one attached hydrogen (secondary N) is 2. The molecular weight excluding hydrogens is 324 g/mol. The van der Waals surface area contributed by atoms with Gasteiger partial charge in [-0.1, -0.05) is 24.2 Å². The fraction of sp³-hybridized carbons (Fsp3) is 0.353. The van der Waals surface area contributed by atoms with E-state index < -0.39 is 0 Å². The standard InChI is InChI=1S/C17H20N4O2S/c1-3-11-23-12-10-19-16(22)21-17-20-13(2)15(24-17)5-4-14-6-8-18-9-7-14/h6-9H,3,10-12H2,1-2H3,(H2,19,20,21,22). The van der Waals surface area contributed by atoms with Crippen LogP contribution in [-0.2, 0) is 4.74 Å². The molecule has 24 heavy (non-hydrogen) atoms. The summed E-state index contributed by atoms with van der Waals surface area (Å²) < 4.78 is 5.30. The molecule has 0 saturated heterocycles. The average Bonchev–Trinajstić information content (AvgIpc) is 2.93. The first-order chi connectivity index (χ1) is 11.7. The summed E-state index contributed by atoms with van der Waals surface area (Å²) in [6.45, 7) is 5.58. The maximum absolute atomic E-state index is 11.8. The molecule has 2 aromatic heterocycles. The van der Waals surface area contributed by atoms with Crippen LogP contribution < -0.4 is 10.6 Å². The van der Waals surface area contributed by atoms with Crippen molar-refractivity contribution in [2.24, 2.45) is 0 Å². The molecule has 2 N–H and O–H groups in total. The topological polar surface area (TPSA) is 76.1 Å². The number of aromatic nitrogens is 2. The fourth-order valence-electron chi connectivity index (χ4n) is 1.75. The zero-order valence-electron chi connectivity index (χ0n) is 13.8. The van der Waals surface area contributed by atoms with E-state index in [2.05, 4.69) is 32.4 Å². The summed E-state index contributed by atoms with van der Waals surface area (Å²) >= 11 is 1.35. The van der Waals surface area contributed by atoms with Crippen LogP contribution in [0.4, 0.5) is 9.93 Å². The van der Waals surface area contributed by atoms with Gasteiger partial charge in [0.2, 0.25) is 0 Å². The van der Waals surface area contributed by atoms with Gasteiger partial charge in [-0.05, 0) is 31.4 Å². The van der Waals surface area contributed by atoms with Crippen LogP contribution in [-0.4, -0.2) is 35.8 Å². The Hall–Kier alpha value is -2.43. The molecule has 0 aliphatic carbocycles. The van der Waals surface area contributed by atoms with E-state index in [1.165, 1.54) is 11.3 Å². The first-order valence-corrected chi connectivity index (χ1v) is 8.52. The minimum absolute atomic E-state index is 0.294. The van der Waals surface area contributed by atoms with E-state index in [9.17, 15) is 4.79 Å². The molecule has 0 aliphatic heterocycles.